The van der Waals surface area contributed by atoms with E-state index < -0.39 is 0 Å². The first kappa shape index (κ1) is 9.56. The highest BCUT2D eigenvalue weighted by Crippen LogP contribution is 2.19. The second-order valence-corrected chi connectivity index (χ2v) is 3.30. The van der Waals surface area contributed by atoms with Crippen LogP contribution in [0, 0.1) is 6.92 Å². The predicted octanol–water partition coefficient (Wildman–Crippen LogP) is 2.41. The molecule has 0 amide bonds. The number of halogens is 1. The van der Waals surface area contributed by atoms with Crippen LogP contribution in [0.1, 0.15) is 11.1 Å². The number of likely N-dealkylation sites (N-methyl/N-ethyl adjacent to an activating group) is 1. The molecule has 0 saturated carbocycles. The summed E-state index contributed by atoms with van der Waals surface area (Å²) >= 11 is 6.04. The van der Waals surface area contributed by atoms with Gasteiger partial charge in [-0.15, -0.1) is 0 Å². The van der Waals surface area contributed by atoms with Crippen molar-refractivity contribution in [2.24, 2.45) is 0 Å². The molecule has 0 fully saturated rings. The highest BCUT2D eigenvalue weighted by atomic mass is 35.5. The Morgan fingerprint density at radius 3 is 2.75 bits per heavy atom. The summed E-state index contributed by atoms with van der Waals surface area (Å²) in [7, 11) is 1.95. The van der Waals surface area contributed by atoms with Crippen molar-refractivity contribution < 1.29 is 0 Å². The minimum atomic E-state index is 0.880. The van der Waals surface area contributed by atoms with Gasteiger partial charge >= 0.3 is 0 Å². The summed E-state index contributed by atoms with van der Waals surface area (Å²) in [4.78, 5) is 0. The van der Waals surface area contributed by atoms with Crippen molar-refractivity contribution in [1.29, 1.82) is 0 Å². The first-order valence-electron chi connectivity index (χ1n) is 4.14. The van der Waals surface area contributed by atoms with Crippen molar-refractivity contribution in [1.82, 2.24) is 5.32 Å². The molecule has 1 N–H and O–H groups in total. The SMILES string of the molecule is CNCCc1c(C)cccc1Cl. The van der Waals surface area contributed by atoms with Gasteiger partial charge < -0.3 is 5.32 Å². The first-order valence-corrected chi connectivity index (χ1v) is 4.52. The van der Waals surface area contributed by atoms with Gasteiger partial charge in [-0.2, -0.15) is 0 Å². The van der Waals surface area contributed by atoms with Gasteiger partial charge in [0.25, 0.3) is 0 Å². The van der Waals surface area contributed by atoms with E-state index in [0.717, 1.165) is 18.0 Å². The fraction of sp³-hybridized carbons (Fsp3) is 0.400. The van der Waals surface area contributed by atoms with Crippen molar-refractivity contribution >= 4 is 11.6 Å². The number of aryl methyl sites for hydroxylation is 1. The zero-order valence-corrected chi connectivity index (χ0v) is 8.28. The molecule has 1 aromatic carbocycles. The summed E-state index contributed by atoms with van der Waals surface area (Å²) < 4.78 is 0. The maximum Gasteiger partial charge on any atom is 0.0441 e. The average Bonchev–Trinajstić information content (AvgIpc) is 2.04. The van der Waals surface area contributed by atoms with Crippen LogP contribution in [0.15, 0.2) is 18.2 Å². The van der Waals surface area contributed by atoms with E-state index in [1.54, 1.807) is 0 Å². The molecule has 0 aliphatic carbocycles. The maximum absolute atomic E-state index is 6.04. The Bertz CT molecular complexity index is 238. The van der Waals surface area contributed by atoms with Gasteiger partial charge in [0.15, 0.2) is 0 Å². The van der Waals surface area contributed by atoms with Crippen LogP contribution in [-0.2, 0) is 6.42 Å². The second kappa shape index (κ2) is 4.48. The molecule has 0 unspecified atom stereocenters. The monoisotopic (exact) mass is 183 g/mol. The Morgan fingerprint density at radius 2 is 2.17 bits per heavy atom. The molecule has 0 radical (unpaired) electrons. The van der Waals surface area contributed by atoms with Crippen LogP contribution in [0.2, 0.25) is 5.02 Å². The lowest BCUT2D eigenvalue weighted by Crippen LogP contribution is -2.11. The first-order chi connectivity index (χ1) is 5.75. The van der Waals surface area contributed by atoms with Gasteiger partial charge in [-0.3, -0.25) is 0 Å². The van der Waals surface area contributed by atoms with E-state index in [9.17, 15) is 0 Å². The second-order valence-electron chi connectivity index (χ2n) is 2.89. The molecule has 1 nitrogen and oxygen atoms in total. The van der Waals surface area contributed by atoms with Crippen molar-refractivity contribution in [2.75, 3.05) is 13.6 Å². The number of hydrogen-bond acceptors (Lipinski definition) is 1. The van der Waals surface area contributed by atoms with Crippen LogP contribution >= 0.6 is 11.6 Å². The normalized spacial score (nSPS) is 10.2. The van der Waals surface area contributed by atoms with Crippen molar-refractivity contribution in [2.45, 2.75) is 13.3 Å². The van der Waals surface area contributed by atoms with Crippen molar-refractivity contribution in [3.8, 4) is 0 Å². The summed E-state index contributed by atoms with van der Waals surface area (Å²) in [5.74, 6) is 0. The summed E-state index contributed by atoms with van der Waals surface area (Å²) in [5.41, 5.74) is 2.53. The standard InChI is InChI=1S/C10H14ClN/c1-8-4-3-5-10(11)9(8)6-7-12-2/h3-5,12H,6-7H2,1-2H3. The molecule has 0 aromatic heterocycles. The zero-order valence-electron chi connectivity index (χ0n) is 7.52. The number of hydrogen-bond donors (Lipinski definition) is 1. The molecule has 2 heteroatoms. The fourth-order valence-electron chi connectivity index (χ4n) is 1.23. The van der Waals surface area contributed by atoms with Crippen LogP contribution < -0.4 is 5.32 Å². The zero-order chi connectivity index (χ0) is 8.97. The quantitative estimate of drug-likeness (QED) is 0.759. The largest absolute Gasteiger partial charge is 0.319 e. The Hall–Kier alpha value is -0.530. The molecule has 0 atom stereocenters. The average molecular weight is 184 g/mol. The van der Waals surface area contributed by atoms with Gasteiger partial charge in [-0.05, 0) is 44.1 Å². The number of rotatable bonds is 3. The molecule has 0 aliphatic heterocycles. The van der Waals surface area contributed by atoms with E-state index in [2.05, 4.69) is 18.3 Å². The topological polar surface area (TPSA) is 12.0 Å². The summed E-state index contributed by atoms with van der Waals surface area (Å²) in [6.07, 6.45) is 1.00. The third kappa shape index (κ3) is 2.23. The molecule has 0 aliphatic rings. The van der Waals surface area contributed by atoms with Crippen molar-refractivity contribution in [3.05, 3.63) is 34.3 Å². The molecule has 0 spiro atoms. The highest BCUT2D eigenvalue weighted by molar-refractivity contribution is 6.31. The molecule has 0 bridgehead atoms. The van der Waals surface area contributed by atoms with Crippen LogP contribution in [0.25, 0.3) is 0 Å². The van der Waals surface area contributed by atoms with Crippen LogP contribution in [0.4, 0.5) is 0 Å². The molecule has 66 valence electrons. The van der Waals surface area contributed by atoms with Crippen molar-refractivity contribution in [3.63, 3.8) is 0 Å². The summed E-state index contributed by atoms with van der Waals surface area (Å²) in [6, 6.07) is 6.02. The van der Waals surface area contributed by atoms with E-state index in [-0.39, 0.29) is 0 Å². The Kier molecular flexibility index (Phi) is 3.57. The lowest BCUT2D eigenvalue weighted by Gasteiger charge is -2.06. The van der Waals surface area contributed by atoms with Crippen LogP contribution in [-0.4, -0.2) is 13.6 Å². The number of benzene rings is 1. The van der Waals surface area contributed by atoms with E-state index in [1.807, 2.05) is 19.2 Å². The summed E-state index contributed by atoms with van der Waals surface area (Å²) in [5, 5.41) is 3.99. The van der Waals surface area contributed by atoms with E-state index >= 15 is 0 Å². The number of nitrogens with one attached hydrogen (secondary N) is 1. The van der Waals surface area contributed by atoms with Gasteiger partial charge in [-0.25, -0.2) is 0 Å². The minimum Gasteiger partial charge on any atom is -0.319 e. The van der Waals surface area contributed by atoms with E-state index in [0.29, 0.717) is 0 Å². The van der Waals surface area contributed by atoms with Crippen LogP contribution in [0.5, 0.6) is 0 Å². The van der Waals surface area contributed by atoms with Gasteiger partial charge in [0.2, 0.25) is 0 Å². The van der Waals surface area contributed by atoms with Crippen LogP contribution in [0.3, 0.4) is 0 Å². The Labute approximate surface area is 78.7 Å². The molecule has 12 heavy (non-hydrogen) atoms. The molecule has 1 rings (SSSR count). The Morgan fingerprint density at radius 1 is 1.42 bits per heavy atom. The summed E-state index contributed by atoms with van der Waals surface area (Å²) in [6.45, 7) is 3.07. The van der Waals surface area contributed by atoms with Gasteiger partial charge in [0.1, 0.15) is 0 Å². The molecule has 0 saturated heterocycles. The Balaban J connectivity index is 2.81. The molecule has 0 heterocycles. The molecular formula is C10H14ClN. The van der Waals surface area contributed by atoms with E-state index in [4.69, 9.17) is 11.6 Å². The van der Waals surface area contributed by atoms with E-state index in [1.165, 1.54) is 11.1 Å². The molecule has 1 aromatic rings. The lowest BCUT2D eigenvalue weighted by atomic mass is 10.1. The third-order valence-electron chi connectivity index (χ3n) is 1.98. The maximum atomic E-state index is 6.04. The smallest absolute Gasteiger partial charge is 0.0441 e. The fourth-order valence-corrected chi connectivity index (χ4v) is 1.55. The van der Waals surface area contributed by atoms with Gasteiger partial charge in [-0.1, -0.05) is 23.7 Å². The highest BCUT2D eigenvalue weighted by Gasteiger charge is 2.01. The van der Waals surface area contributed by atoms with Gasteiger partial charge in [0.05, 0.1) is 0 Å². The van der Waals surface area contributed by atoms with Gasteiger partial charge in [0, 0.05) is 5.02 Å². The predicted molar refractivity (Wildman–Crippen MR) is 53.8 cm³/mol. The third-order valence-corrected chi connectivity index (χ3v) is 2.33. The molecular weight excluding hydrogens is 170 g/mol. The lowest BCUT2D eigenvalue weighted by molar-refractivity contribution is 0.789. The minimum absolute atomic E-state index is 0.880.